The van der Waals surface area contributed by atoms with E-state index < -0.39 is 0 Å². The van der Waals surface area contributed by atoms with Crippen LogP contribution in [-0.2, 0) is 4.79 Å². The Morgan fingerprint density at radius 1 is 1.73 bits per heavy atom. The van der Waals surface area contributed by atoms with Crippen molar-refractivity contribution < 1.29 is 4.79 Å². The van der Waals surface area contributed by atoms with Gasteiger partial charge in [0.15, 0.2) is 0 Å². The average Bonchev–Trinajstić information content (AvgIpc) is 2.50. The SMILES string of the molecule is N/N=C1\CC[C@H](C(=O)NN)C1. The molecule has 0 radical (unpaired) electrons. The lowest BCUT2D eigenvalue weighted by Gasteiger charge is -2.03. The molecule has 0 aromatic heterocycles. The van der Waals surface area contributed by atoms with Crippen molar-refractivity contribution in [3.05, 3.63) is 0 Å². The van der Waals surface area contributed by atoms with E-state index in [0.29, 0.717) is 6.42 Å². The maximum atomic E-state index is 10.9. The molecule has 1 aliphatic carbocycles. The molecule has 1 aliphatic rings. The highest BCUT2D eigenvalue weighted by Gasteiger charge is 2.26. The van der Waals surface area contributed by atoms with Crippen LogP contribution in [0.3, 0.4) is 0 Å². The molecule has 11 heavy (non-hydrogen) atoms. The van der Waals surface area contributed by atoms with E-state index in [2.05, 4.69) is 10.5 Å². The maximum absolute atomic E-state index is 10.9. The Morgan fingerprint density at radius 3 is 2.91 bits per heavy atom. The Bertz CT molecular complexity index is 189. The fourth-order valence-corrected chi connectivity index (χ4v) is 1.29. The van der Waals surface area contributed by atoms with Crippen LogP contribution in [0.4, 0.5) is 0 Å². The molecule has 1 amide bonds. The summed E-state index contributed by atoms with van der Waals surface area (Å²) >= 11 is 0. The van der Waals surface area contributed by atoms with E-state index in [9.17, 15) is 4.79 Å². The lowest BCUT2D eigenvalue weighted by atomic mass is 10.1. The highest BCUT2D eigenvalue weighted by molar-refractivity contribution is 5.92. The van der Waals surface area contributed by atoms with Crippen LogP contribution >= 0.6 is 0 Å². The van der Waals surface area contributed by atoms with Crippen molar-refractivity contribution in [1.82, 2.24) is 5.43 Å². The third-order valence-electron chi connectivity index (χ3n) is 1.96. The van der Waals surface area contributed by atoms with E-state index in [1.54, 1.807) is 0 Å². The van der Waals surface area contributed by atoms with E-state index in [4.69, 9.17) is 11.7 Å². The summed E-state index contributed by atoms with van der Waals surface area (Å²) in [4.78, 5) is 10.9. The van der Waals surface area contributed by atoms with Gasteiger partial charge in [-0.25, -0.2) is 5.84 Å². The topological polar surface area (TPSA) is 93.5 Å². The van der Waals surface area contributed by atoms with Gasteiger partial charge < -0.3 is 5.84 Å². The quantitative estimate of drug-likeness (QED) is 0.260. The first-order chi connectivity index (χ1) is 5.27. The van der Waals surface area contributed by atoms with Crippen molar-refractivity contribution in [3.63, 3.8) is 0 Å². The summed E-state index contributed by atoms with van der Waals surface area (Å²) in [6, 6.07) is 0. The van der Waals surface area contributed by atoms with Gasteiger partial charge >= 0.3 is 0 Å². The Labute approximate surface area is 64.8 Å². The Hall–Kier alpha value is -1.10. The van der Waals surface area contributed by atoms with Gasteiger partial charge in [-0.2, -0.15) is 5.10 Å². The summed E-state index contributed by atoms with van der Waals surface area (Å²) in [5.74, 6) is 9.88. The molecule has 5 heteroatoms. The van der Waals surface area contributed by atoms with Gasteiger partial charge in [0, 0.05) is 11.6 Å². The summed E-state index contributed by atoms with van der Waals surface area (Å²) in [5.41, 5.74) is 3.02. The first kappa shape index (κ1) is 8.00. The second-order valence-corrected chi connectivity index (χ2v) is 2.64. The van der Waals surface area contributed by atoms with E-state index in [1.807, 2.05) is 0 Å². The minimum Gasteiger partial charge on any atom is -0.323 e. The summed E-state index contributed by atoms with van der Waals surface area (Å²) in [7, 11) is 0. The van der Waals surface area contributed by atoms with Crippen molar-refractivity contribution in [3.8, 4) is 0 Å². The smallest absolute Gasteiger partial charge is 0.237 e. The number of nitrogens with two attached hydrogens (primary N) is 2. The van der Waals surface area contributed by atoms with Crippen LogP contribution < -0.4 is 17.1 Å². The Morgan fingerprint density at radius 2 is 2.45 bits per heavy atom. The van der Waals surface area contributed by atoms with Gasteiger partial charge in [-0.3, -0.25) is 10.2 Å². The highest BCUT2D eigenvalue weighted by atomic mass is 16.2. The second kappa shape index (κ2) is 3.34. The zero-order valence-corrected chi connectivity index (χ0v) is 6.21. The molecule has 0 aromatic rings. The lowest BCUT2D eigenvalue weighted by molar-refractivity contribution is -0.124. The molecular weight excluding hydrogens is 144 g/mol. The lowest BCUT2D eigenvalue weighted by Crippen LogP contribution is -2.34. The summed E-state index contributed by atoms with van der Waals surface area (Å²) in [6.45, 7) is 0. The first-order valence-electron chi connectivity index (χ1n) is 3.54. The fraction of sp³-hybridized carbons (Fsp3) is 0.667. The molecule has 1 rings (SSSR count). The molecule has 5 nitrogen and oxygen atoms in total. The zero-order chi connectivity index (χ0) is 8.27. The van der Waals surface area contributed by atoms with Crippen LogP contribution in [0.25, 0.3) is 0 Å². The van der Waals surface area contributed by atoms with Gasteiger partial charge in [-0.15, -0.1) is 0 Å². The fourth-order valence-electron chi connectivity index (χ4n) is 1.29. The van der Waals surface area contributed by atoms with E-state index in [-0.39, 0.29) is 11.8 Å². The first-order valence-corrected chi connectivity index (χ1v) is 3.54. The zero-order valence-electron chi connectivity index (χ0n) is 6.21. The van der Waals surface area contributed by atoms with Crippen LogP contribution in [0.2, 0.25) is 0 Å². The molecule has 1 atom stereocenters. The van der Waals surface area contributed by atoms with Crippen LogP contribution in [-0.4, -0.2) is 11.6 Å². The molecule has 0 aromatic carbocycles. The van der Waals surface area contributed by atoms with Crippen molar-refractivity contribution in [1.29, 1.82) is 0 Å². The molecule has 0 unspecified atom stereocenters. The Kier molecular flexibility index (Phi) is 2.43. The molecule has 1 saturated carbocycles. The molecule has 0 spiro atoms. The predicted molar refractivity (Wildman–Crippen MR) is 41.3 cm³/mol. The molecule has 62 valence electrons. The number of nitrogens with one attached hydrogen (secondary N) is 1. The normalized spacial score (nSPS) is 27.4. The van der Waals surface area contributed by atoms with Gasteiger partial charge in [0.25, 0.3) is 0 Å². The summed E-state index contributed by atoms with van der Waals surface area (Å²) in [6.07, 6.45) is 2.27. The van der Waals surface area contributed by atoms with Crippen molar-refractivity contribution in [2.24, 2.45) is 22.7 Å². The number of carbonyl (C=O) groups excluding carboxylic acids is 1. The van der Waals surface area contributed by atoms with Crippen LogP contribution in [0.15, 0.2) is 5.10 Å². The minimum absolute atomic E-state index is 0.0256. The molecule has 0 aliphatic heterocycles. The minimum atomic E-state index is -0.122. The van der Waals surface area contributed by atoms with Gasteiger partial charge in [-0.05, 0) is 19.3 Å². The van der Waals surface area contributed by atoms with E-state index in [0.717, 1.165) is 18.6 Å². The van der Waals surface area contributed by atoms with Gasteiger partial charge in [0.2, 0.25) is 5.91 Å². The van der Waals surface area contributed by atoms with Gasteiger partial charge in [0.1, 0.15) is 0 Å². The number of rotatable bonds is 1. The van der Waals surface area contributed by atoms with Crippen LogP contribution in [0.5, 0.6) is 0 Å². The molecule has 0 heterocycles. The number of hydrogen-bond acceptors (Lipinski definition) is 4. The monoisotopic (exact) mass is 156 g/mol. The number of amides is 1. The summed E-state index contributed by atoms with van der Waals surface area (Å²) < 4.78 is 0. The van der Waals surface area contributed by atoms with Gasteiger partial charge in [-0.1, -0.05) is 0 Å². The van der Waals surface area contributed by atoms with Crippen LogP contribution in [0, 0.1) is 5.92 Å². The number of hydrazone groups is 1. The highest BCUT2D eigenvalue weighted by Crippen LogP contribution is 2.22. The van der Waals surface area contributed by atoms with Crippen LogP contribution in [0.1, 0.15) is 19.3 Å². The average molecular weight is 156 g/mol. The Balaban J connectivity index is 2.48. The summed E-state index contributed by atoms with van der Waals surface area (Å²) in [5, 5.41) is 3.55. The molecule has 0 saturated heterocycles. The molecule has 5 N–H and O–H groups in total. The number of hydrazine groups is 1. The second-order valence-electron chi connectivity index (χ2n) is 2.64. The third-order valence-corrected chi connectivity index (χ3v) is 1.96. The van der Waals surface area contributed by atoms with Crippen molar-refractivity contribution >= 4 is 11.6 Å². The van der Waals surface area contributed by atoms with Gasteiger partial charge in [0.05, 0.1) is 0 Å². The standard InChI is InChI=1S/C6H12N4O/c7-9-5-2-1-4(3-5)6(11)10-8/h4H,1-3,7-8H2,(H,10,11)/b9-5+/t4-/m0/s1. The molecule has 1 fully saturated rings. The van der Waals surface area contributed by atoms with Crippen molar-refractivity contribution in [2.45, 2.75) is 19.3 Å². The van der Waals surface area contributed by atoms with Crippen molar-refractivity contribution in [2.75, 3.05) is 0 Å². The number of hydrogen-bond donors (Lipinski definition) is 3. The number of carbonyl (C=O) groups is 1. The molecular formula is C6H12N4O. The van der Waals surface area contributed by atoms with E-state index in [1.165, 1.54) is 0 Å². The predicted octanol–water partition coefficient (Wildman–Crippen LogP) is -0.909. The maximum Gasteiger partial charge on any atom is 0.237 e. The molecule has 0 bridgehead atoms. The van der Waals surface area contributed by atoms with E-state index >= 15 is 0 Å². The third kappa shape index (κ3) is 1.68. The number of nitrogens with zero attached hydrogens (tertiary/aromatic N) is 1. The largest absolute Gasteiger partial charge is 0.323 e.